The Hall–Kier alpha value is -0.500. The zero-order valence-corrected chi connectivity index (χ0v) is 17.0. The number of likely N-dealkylation sites (N-methyl/N-ethyl adjacent to an activating group) is 1. The average Bonchev–Trinajstić information content (AvgIpc) is 2.50. The van der Waals surface area contributed by atoms with Gasteiger partial charge in [-0.25, -0.2) is 0 Å². The third-order valence-corrected chi connectivity index (χ3v) is 4.61. The van der Waals surface area contributed by atoms with Crippen LogP contribution in [0.2, 0.25) is 0 Å². The van der Waals surface area contributed by atoms with Crippen molar-refractivity contribution in [3.63, 3.8) is 0 Å². The summed E-state index contributed by atoms with van der Waals surface area (Å²) in [6.07, 6.45) is 2.18. The lowest BCUT2D eigenvalue weighted by Crippen LogP contribution is -2.37. The summed E-state index contributed by atoms with van der Waals surface area (Å²) in [5.41, 5.74) is 0. The topological polar surface area (TPSA) is 105 Å². The molecule has 0 aromatic heterocycles. The third-order valence-electron chi connectivity index (χ3n) is 3.65. The quantitative estimate of drug-likeness (QED) is 0.274. The van der Waals surface area contributed by atoms with Gasteiger partial charge in [-0.15, -0.1) is 0 Å². The molecule has 0 aromatic rings. The number of phosphoric ester groups is 1. The van der Waals surface area contributed by atoms with Crippen LogP contribution in [-0.2, 0) is 23.1 Å². The first-order chi connectivity index (χ1) is 11.5. The molecular weight excluding hydrogens is 349 g/mol. The highest BCUT2D eigenvalue weighted by Gasteiger charge is 2.23. The molecule has 3 atom stereocenters. The molecule has 0 aliphatic rings. The van der Waals surface area contributed by atoms with Crippen molar-refractivity contribution in [2.75, 3.05) is 47.5 Å². The molecule has 8 nitrogen and oxygen atoms in total. The average molecular weight is 383 g/mol. The van der Waals surface area contributed by atoms with Crippen molar-refractivity contribution in [1.82, 2.24) is 0 Å². The summed E-state index contributed by atoms with van der Waals surface area (Å²) in [6.45, 7) is 3.42. The molecule has 0 aliphatic heterocycles. The summed E-state index contributed by atoms with van der Waals surface area (Å²) in [4.78, 5) is 23.8. The summed E-state index contributed by atoms with van der Waals surface area (Å²) in [5, 5.41) is 9.29. The van der Waals surface area contributed by atoms with Crippen molar-refractivity contribution in [1.29, 1.82) is 0 Å². The molecule has 0 saturated heterocycles. The Kier molecular flexibility index (Phi) is 11.8. The minimum absolute atomic E-state index is 0.0111. The highest BCUT2D eigenvalue weighted by atomic mass is 31.2. The number of hydrogen-bond acceptors (Lipinski definition) is 7. The lowest BCUT2D eigenvalue weighted by atomic mass is 10.00. The summed E-state index contributed by atoms with van der Waals surface area (Å²) in [7, 11) is 1.22. The normalized spacial score (nSPS) is 16.9. The van der Waals surface area contributed by atoms with E-state index in [1.807, 2.05) is 35.0 Å². The number of aliphatic hydroxyl groups is 1. The molecule has 0 radical (unpaired) electrons. The summed E-state index contributed by atoms with van der Waals surface area (Å²) >= 11 is 0. The zero-order chi connectivity index (χ0) is 19.5. The first-order valence-corrected chi connectivity index (χ1v) is 10.2. The van der Waals surface area contributed by atoms with Crippen LogP contribution in [0.25, 0.3) is 0 Å². The van der Waals surface area contributed by atoms with Crippen LogP contribution in [0.3, 0.4) is 0 Å². The van der Waals surface area contributed by atoms with E-state index in [0.29, 0.717) is 23.9 Å². The van der Waals surface area contributed by atoms with Gasteiger partial charge in [0.25, 0.3) is 7.82 Å². The number of carbonyl (C=O) groups is 1. The van der Waals surface area contributed by atoms with Gasteiger partial charge in [-0.2, -0.15) is 0 Å². The molecule has 0 rings (SSSR count). The fourth-order valence-electron chi connectivity index (χ4n) is 1.96. The minimum Gasteiger partial charge on any atom is -0.756 e. The number of phosphoric acid groups is 1. The van der Waals surface area contributed by atoms with Crippen LogP contribution < -0.4 is 4.89 Å². The predicted octanol–water partition coefficient (Wildman–Crippen LogP) is 1.31. The monoisotopic (exact) mass is 383 g/mol. The van der Waals surface area contributed by atoms with Gasteiger partial charge in [-0.1, -0.05) is 26.7 Å². The van der Waals surface area contributed by atoms with Crippen LogP contribution in [0.1, 0.15) is 39.5 Å². The summed E-state index contributed by atoms with van der Waals surface area (Å²) in [5.74, 6) is -0.695. The van der Waals surface area contributed by atoms with E-state index in [4.69, 9.17) is 13.8 Å². The van der Waals surface area contributed by atoms with Gasteiger partial charge in [-0.3, -0.25) is 9.36 Å². The van der Waals surface area contributed by atoms with Gasteiger partial charge < -0.3 is 28.3 Å². The van der Waals surface area contributed by atoms with Crippen molar-refractivity contribution in [3.8, 4) is 0 Å². The van der Waals surface area contributed by atoms with Crippen molar-refractivity contribution in [2.45, 2.75) is 45.6 Å². The fraction of sp³-hybridized carbons (Fsp3) is 0.938. The summed E-state index contributed by atoms with van der Waals surface area (Å²) in [6, 6.07) is 0. The van der Waals surface area contributed by atoms with E-state index < -0.39 is 33.1 Å². The van der Waals surface area contributed by atoms with Gasteiger partial charge in [0.2, 0.25) is 0 Å². The third kappa shape index (κ3) is 12.5. The van der Waals surface area contributed by atoms with Gasteiger partial charge in [0, 0.05) is 0 Å². The van der Waals surface area contributed by atoms with Crippen LogP contribution in [-0.4, -0.2) is 69.2 Å². The number of rotatable bonds is 14. The highest BCUT2D eigenvalue weighted by molar-refractivity contribution is 7.45. The van der Waals surface area contributed by atoms with Crippen LogP contribution in [0.15, 0.2) is 0 Å². The molecule has 9 heteroatoms. The number of nitrogens with zero attached hydrogens (tertiary/aromatic N) is 1. The number of ether oxygens (including phenoxy) is 1. The van der Waals surface area contributed by atoms with E-state index in [-0.39, 0.29) is 12.5 Å². The Balaban J connectivity index is 4.38. The second kappa shape index (κ2) is 12.0. The molecule has 0 fully saturated rings. The minimum atomic E-state index is -4.50. The van der Waals surface area contributed by atoms with Gasteiger partial charge in [0.1, 0.15) is 19.3 Å². The fourth-order valence-corrected chi connectivity index (χ4v) is 2.69. The van der Waals surface area contributed by atoms with Gasteiger partial charge in [0.05, 0.1) is 40.3 Å². The Morgan fingerprint density at radius 3 is 2.36 bits per heavy atom. The van der Waals surface area contributed by atoms with E-state index in [0.717, 1.165) is 12.8 Å². The standard InChI is InChI=1S/C16H34NO7P/c1-6-8-9-14(7-2)16(19)24-15(12-18)13-23-25(20,21)22-11-10-17(3,4)5/h14-15,18H,6-13H2,1-5H3/t14?,15-/m1/s1. The molecule has 0 aliphatic carbocycles. The van der Waals surface area contributed by atoms with Crippen molar-refractivity contribution < 1.29 is 37.6 Å². The lowest BCUT2D eigenvalue weighted by Gasteiger charge is -2.28. The molecule has 2 unspecified atom stereocenters. The number of hydrogen-bond donors (Lipinski definition) is 1. The zero-order valence-electron chi connectivity index (χ0n) is 16.1. The SMILES string of the molecule is CCCCC(CC)C(=O)O[C@H](CO)COP(=O)([O-])OCC[N+](C)(C)C. The highest BCUT2D eigenvalue weighted by Crippen LogP contribution is 2.38. The molecule has 0 heterocycles. The smallest absolute Gasteiger partial charge is 0.309 e. The number of quaternary nitrogens is 1. The maximum atomic E-state index is 12.1. The van der Waals surface area contributed by atoms with E-state index in [2.05, 4.69) is 0 Å². The maximum absolute atomic E-state index is 12.1. The first-order valence-electron chi connectivity index (χ1n) is 8.76. The van der Waals surface area contributed by atoms with Crippen molar-refractivity contribution in [2.24, 2.45) is 5.92 Å². The second-order valence-electron chi connectivity index (χ2n) is 7.08. The molecule has 0 saturated carbocycles. The Bertz CT molecular complexity index is 425. The molecule has 1 N–H and O–H groups in total. The van der Waals surface area contributed by atoms with E-state index in [1.165, 1.54) is 0 Å². The van der Waals surface area contributed by atoms with Gasteiger partial charge in [0.15, 0.2) is 0 Å². The maximum Gasteiger partial charge on any atom is 0.309 e. The van der Waals surface area contributed by atoms with Crippen molar-refractivity contribution >= 4 is 13.8 Å². The number of aliphatic hydroxyl groups excluding tert-OH is 1. The molecular formula is C16H34NO7P. The molecule has 25 heavy (non-hydrogen) atoms. The number of esters is 1. The largest absolute Gasteiger partial charge is 0.756 e. The predicted molar refractivity (Wildman–Crippen MR) is 92.7 cm³/mol. The van der Waals surface area contributed by atoms with E-state index in [1.54, 1.807) is 0 Å². The Labute approximate surface area is 151 Å². The van der Waals surface area contributed by atoms with Gasteiger partial charge >= 0.3 is 5.97 Å². The van der Waals surface area contributed by atoms with E-state index in [9.17, 15) is 19.4 Å². The number of carbonyl (C=O) groups excluding carboxylic acids is 1. The lowest BCUT2D eigenvalue weighted by molar-refractivity contribution is -0.870. The summed E-state index contributed by atoms with van der Waals surface area (Å²) < 4.78 is 26.9. The van der Waals surface area contributed by atoms with Crippen LogP contribution >= 0.6 is 7.82 Å². The van der Waals surface area contributed by atoms with Crippen LogP contribution in [0, 0.1) is 5.92 Å². The van der Waals surface area contributed by atoms with Gasteiger partial charge in [-0.05, 0) is 12.8 Å². The number of unbranched alkanes of at least 4 members (excludes halogenated alkanes) is 1. The molecule has 0 amide bonds. The van der Waals surface area contributed by atoms with E-state index >= 15 is 0 Å². The second-order valence-corrected chi connectivity index (χ2v) is 8.49. The Morgan fingerprint density at radius 1 is 1.24 bits per heavy atom. The first kappa shape index (κ1) is 24.5. The Morgan fingerprint density at radius 2 is 1.88 bits per heavy atom. The van der Waals surface area contributed by atoms with Crippen LogP contribution in [0.4, 0.5) is 0 Å². The molecule has 0 spiro atoms. The van der Waals surface area contributed by atoms with Crippen LogP contribution in [0.5, 0.6) is 0 Å². The molecule has 150 valence electrons. The molecule has 0 aromatic carbocycles. The van der Waals surface area contributed by atoms with Crippen molar-refractivity contribution in [3.05, 3.63) is 0 Å². The molecule has 0 bridgehead atoms.